The van der Waals surface area contributed by atoms with Gasteiger partial charge in [-0.05, 0) is 26.0 Å². The lowest BCUT2D eigenvalue weighted by Gasteiger charge is -2.36. The number of hydrogen-bond donors (Lipinski definition) is 1. The summed E-state index contributed by atoms with van der Waals surface area (Å²) in [6.07, 6.45) is 0. The SMILES string of the molecule is CC(C)N1CCN(NC(=O)c2ccccc2)CC1. The smallest absolute Gasteiger partial charge is 0.265 e. The predicted octanol–water partition coefficient (Wildman–Crippen LogP) is 1.36. The number of amides is 1. The molecular weight excluding hydrogens is 226 g/mol. The second-order valence-corrected chi connectivity index (χ2v) is 4.92. The van der Waals surface area contributed by atoms with Gasteiger partial charge in [-0.2, -0.15) is 0 Å². The summed E-state index contributed by atoms with van der Waals surface area (Å²) in [6, 6.07) is 9.92. The number of nitrogens with zero attached hydrogens (tertiary/aromatic N) is 2. The Kier molecular flexibility index (Phi) is 4.33. The van der Waals surface area contributed by atoms with Gasteiger partial charge in [0.25, 0.3) is 5.91 Å². The molecule has 0 saturated carbocycles. The molecule has 0 spiro atoms. The molecule has 0 aliphatic carbocycles. The first-order valence-corrected chi connectivity index (χ1v) is 6.52. The van der Waals surface area contributed by atoms with E-state index in [0.29, 0.717) is 11.6 Å². The fraction of sp³-hybridized carbons (Fsp3) is 0.500. The number of carbonyl (C=O) groups is 1. The van der Waals surface area contributed by atoms with E-state index in [9.17, 15) is 4.79 Å². The second-order valence-electron chi connectivity index (χ2n) is 4.92. The Bertz CT molecular complexity index is 383. The molecular formula is C14H21N3O. The van der Waals surface area contributed by atoms with Crippen molar-refractivity contribution in [2.75, 3.05) is 26.2 Å². The van der Waals surface area contributed by atoms with Gasteiger partial charge in [0.15, 0.2) is 0 Å². The van der Waals surface area contributed by atoms with Crippen LogP contribution in [0.25, 0.3) is 0 Å². The third-order valence-corrected chi connectivity index (χ3v) is 3.34. The van der Waals surface area contributed by atoms with Gasteiger partial charge in [-0.3, -0.25) is 15.1 Å². The summed E-state index contributed by atoms with van der Waals surface area (Å²) in [5, 5.41) is 2.01. The molecule has 1 saturated heterocycles. The zero-order chi connectivity index (χ0) is 13.0. The molecule has 1 aromatic carbocycles. The summed E-state index contributed by atoms with van der Waals surface area (Å²) in [4.78, 5) is 14.4. The molecule has 1 N–H and O–H groups in total. The molecule has 1 aromatic rings. The average molecular weight is 247 g/mol. The van der Waals surface area contributed by atoms with Crippen LogP contribution in [-0.2, 0) is 0 Å². The quantitative estimate of drug-likeness (QED) is 0.876. The van der Waals surface area contributed by atoms with Crippen molar-refractivity contribution in [3.8, 4) is 0 Å². The fourth-order valence-electron chi connectivity index (χ4n) is 2.15. The molecule has 1 aliphatic heterocycles. The van der Waals surface area contributed by atoms with Crippen molar-refractivity contribution in [2.24, 2.45) is 0 Å². The molecule has 0 radical (unpaired) electrons. The van der Waals surface area contributed by atoms with Crippen molar-refractivity contribution in [1.82, 2.24) is 15.3 Å². The number of piperazine rings is 1. The van der Waals surface area contributed by atoms with E-state index in [2.05, 4.69) is 24.2 Å². The van der Waals surface area contributed by atoms with Crippen LogP contribution in [0.15, 0.2) is 30.3 Å². The van der Waals surface area contributed by atoms with E-state index in [1.807, 2.05) is 35.3 Å². The number of nitrogens with one attached hydrogen (secondary N) is 1. The average Bonchev–Trinajstić information content (AvgIpc) is 2.40. The Morgan fingerprint density at radius 3 is 2.28 bits per heavy atom. The number of hydrazine groups is 1. The predicted molar refractivity (Wildman–Crippen MR) is 72.2 cm³/mol. The van der Waals surface area contributed by atoms with Crippen molar-refractivity contribution in [2.45, 2.75) is 19.9 Å². The van der Waals surface area contributed by atoms with E-state index >= 15 is 0 Å². The number of rotatable bonds is 3. The normalized spacial score (nSPS) is 17.9. The summed E-state index contributed by atoms with van der Waals surface area (Å²) in [5.74, 6) is -0.0198. The van der Waals surface area contributed by atoms with Crippen LogP contribution in [0.3, 0.4) is 0 Å². The van der Waals surface area contributed by atoms with Crippen LogP contribution < -0.4 is 5.43 Å². The number of carbonyl (C=O) groups excluding carboxylic acids is 1. The summed E-state index contributed by atoms with van der Waals surface area (Å²) in [5.41, 5.74) is 3.67. The van der Waals surface area contributed by atoms with Crippen LogP contribution >= 0.6 is 0 Å². The first-order valence-electron chi connectivity index (χ1n) is 6.52. The standard InChI is InChI=1S/C14H21N3O/c1-12(2)16-8-10-17(11-9-16)15-14(18)13-6-4-3-5-7-13/h3-7,12H,8-11H2,1-2H3,(H,15,18). The van der Waals surface area contributed by atoms with Gasteiger partial charge in [0, 0.05) is 37.8 Å². The maximum Gasteiger partial charge on any atom is 0.265 e. The van der Waals surface area contributed by atoms with Gasteiger partial charge in [-0.15, -0.1) is 0 Å². The molecule has 18 heavy (non-hydrogen) atoms. The number of benzene rings is 1. The monoisotopic (exact) mass is 247 g/mol. The molecule has 0 bridgehead atoms. The van der Waals surface area contributed by atoms with E-state index in [4.69, 9.17) is 0 Å². The van der Waals surface area contributed by atoms with Crippen molar-refractivity contribution < 1.29 is 4.79 Å². The Balaban J connectivity index is 1.83. The maximum absolute atomic E-state index is 12.0. The lowest BCUT2D eigenvalue weighted by atomic mass is 10.2. The van der Waals surface area contributed by atoms with Crippen molar-refractivity contribution in [3.63, 3.8) is 0 Å². The summed E-state index contributed by atoms with van der Waals surface area (Å²) < 4.78 is 0. The van der Waals surface area contributed by atoms with Crippen LogP contribution in [0.5, 0.6) is 0 Å². The minimum absolute atomic E-state index is 0.0198. The van der Waals surface area contributed by atoms with Gasteiger partial charge in [0.05, 0.1) is 0 Å². The van der Waals surface area contributed by atoms with Crippen LogP contribution in [0.2, 0.25) is 0 Å². The molecule has 4 heteroatoms. The minimum atomic E-state index is -0.0198. The lowest BCUT2D eigenvalue weighted by molar-refractivity contribution is 0.0553. The van der Waals surface area contributed by atoms with Crippen LogP contribution in [0, 0.1) is 0 Å². The highest BCUT2D eigenvalue weighted by Gasteiger charge is 2.20. The summed E-state index contributed by atoms with van der Waals surface area (Å²) in [6.45, 7) is 8.20. The van der Waals surface area contributed by atoms with Crippen LogP contribution in [-0.4, -0.2) is 48.0 Å². The maximum atomic E-state index is 12.0. The van der Waals surface area contributed by atoms with E-state index in [1.54, 1.807) is 0 Å². The largest absolute Gasteiger partial charge is 0.298 e. The zero-order valence-corrected chi connectivity index (χ0v) is 11.1. The lowest BCUT2D eigenvalue weighted by Crippen LogP contribution is -2.54. The van der Waals surface area contributed by atoms with Gasteiger partial charge in [-0.1, -0.05) is 18.2 Å². The van der Waals surface area contributed by atoms with Crippen molar-refractivity contribution >= 4 is 5.91 Å². The highest BCUT2D eigenvalue weighted by molar-refractivity contribution is 5.93. The van der Waals surface area contributed by atoms with E-state index in [1.165, 1.54) is 0 Å². The number of hydrogen-bond acceptors (Lipinski definition) is 3. The highest BCUT2D eigenvalue weighted by atomic mass is 16.2. The molecule has 0 atom stereocenters. The minimum Gasteiger partial charge on any atom is -0.298 e. The van der Waals surface area contributed by atoms with Crippen molar-refractivity contribution in [3.05, 3.63) is 35.9 Å². The zero-order valence-electron chi connectivity index (χ0n) is 11.1. The van der Waals surface area contributed by atoms with Crippen LogP contribution in [0.4, 0.5) is 0 Å². The van der Waals surface area contributed by atoms with Gasteiger partial charge < -0.3 is 0 Å². The first kappa shape index (κ1) is 13.1. The van der Waals surface area contributed by atoms with E-state index in [-0.39, 0.29) is 5.91 Å². The first-order chi connectivity index (χ1) is 8.66. The molecule has 0 aromatic heterocycles. The Hall–Kier alpha value is -1.39. The molecule has 1 fully saturated rings. The fourth-order valence-corrected chi connectivity index (χ4v) is 2.15. The summed E-state index contributed by atoms with van der Waals surface area (Å²) >= 11 is 0. The van der Waals surface area contributed by atoms with Gasteiger partial charge in [0.1, 0.15) is 0 Å². The summed E-state index contributed by atoms with van der Waals surface area (Å²) in [7, 11) is 0. The van der Waals surface area contributed by atoms with E-state index < -0.39 is 0 Å². The molecule has 1 heterocycles. The Labute approximate surface area is 109 Å². The van der Waals surface area contributed by atoms with Crippen molar-refractivity contribution in [1.29, 1.82) is 0 Å². The van der Waals surface area contributed by atoms with Crippen LogP contribution in [0.1, 0.15) is 24.2 Å². The third-order valence-electron chi connectivity index (χ3n) is 3.34. The Morgan fingerprint density at radius 1 is 1.11 bits per heavy atom. The highest BCUT2D eigenvalue weighted by Crippen LogP contribution is 2.05. The molecule has 1 amide bonds. The molecule has 0 unspecified atom stereocenters. The molecule has 1 aliphatic rings. The molecule has 98 valence electrons. The Morgan fingerprint density at radius 2 is 1.72 bits per heavy atom. The van der Waals surface area contributed by atoms with Gasteiger partial charge >= 0.3 is 0 Å². The molecule has 4 nitrogen and oxygen atoms in total. The third kappa shape index (κ3) is 3.31. The van der Waals surface area contributed by atoms with Gasteiger partial charge in [0.2, 0.25) is 0 Å². The van der Waals surface area contributed by atoms with Gasteiger partial charge in [-0.25, -0.2) is 5.01 Å². The van der Waals surface area contributed by atoms with E-state index in [0.717, 1.165) is 26.2 Å². The molecule has 2 rings (SSSR count). The topological polar surface area (TPSA) is 35.6 Å². The second kappa shape index (κ2) is 5.98.